The van der Waals surface area contributed by atoms with Gasteiger partial charge < -0.3 is 15.8 Å². The SMILES string of the molecule is COC1CCCC1NCC(CN)CC(C)(C)C. The summed E-state index contributed by atoms with van der Waals surface area (Å²) in [5.41, 5.74) is 6.22. The first-order valence-corrected chi connectivity index (χ1v) is 6.92. The minimum Gasteiger partial charge on any atom is -0.380 e. The van der Waals surface area contributed by atoms with E-state index >= 15 is 0 Å². The summed E-state index contributed by atoms with van der Waals surface area (Å²) in [7, 11) is 1.82. The van der Waals surface area contributed by atoms with Crippen molar-refractivity contribution in [3.8, 4) is 0 Å². The van der Waals surface area contributed by atoms with Crippen LogP contribution in [-0.4, -0.2) is 32.3 Å². The first-order chi connectivity index (χ1) is 7.96. The zero-order valence-electron chi connectivity index (χ0n) is 12.0. The minimum absolute atomic E-state index is 0.363. The molecule has 0 heterocycles. The maximum Gasteiger partial charge on any atom is 0.0724 e. The molecule has 3 heteroatoms. The average molecular weight is 242 g/mol. The quantitative estimate of drug-likeness (QED) is 0.750. The van der Waals surface area contributed by atoms with Gasteiger partial charge in [0.2, 0.25) is 0 Å². The highest BCUT2D eigenvalue weighted by Gasteiger charge is 2.27. The van der Waals surface area contributed by atoms with E-state index in [1.165, 1.54) is 25.7 Å². The molecule has 0 aromatic carbocycles. The molecule has 0 aromatic heterocycles. The Labute approximate surface area is 106 Å². The van der Waals surface area contributed by atoms with Gasteiger partial charge >= 0.3 is 0 Å². The predicted molar refractivity (Wildman–Crippen MR) is 73.1 cm³/mol. The lowest BCUT2D eigenvalue weighted by Gasteiger charge is -2.27. The van der Waals surface area contributed by atoms with E-state index in [4.69, 9.17) is 10.5 Å². The average Bonchev–Trinajstić information content (AvgIpc) is 2.69. The fraction of sp³-hybridized carbons (Fsp3) is 1.00. The summed E-state index contributed by atoms with van der Waals surface area (Å²) in [6.45, 7) is 8.64. The molecule has 0 bridgehead atoms. The smallest absolute Gasteiger partial charge is 0.0724 e. The molecule has 3 atom stereocenters. The molecule has 0 saturated heterocycles. The zero-order chi connectivity index (χ0) is 12.9. The lowest BCUT2D eigenvalue weighted by molar-refractivity contribution is 0.0831. The highest BCUT2D eigenvalue weighted by Crippen LogP contribution is 2.25. The Morgan fingerprint density at radius 3 is 2.59 bits per heavy atom. The van der Waals surface area contributed by atoms with E-state index in [-0.39, 0.29) is 0 Å². The molecule has 1 aliphatic carbocycles. The number of nitrogens with two attached hydrogens (primary N) is 1. The molecule has 0 amide bonds. The molecule has 0 radical (unpaired) electrons. The second-order valence-electron chi connectivity index (χ2n) is 6.59. The molecule has 0 aromatic rings. The molecule has 1 saturated carbocycles. The van der Waals surface area contributed by atoms with Crippen LogP contribution in [0.3, 0.4) is 0 Å². The van der Waals surface area contributed by atoms with Gasteiger partial charge in [-0.1, -0.05) is 20.8 Å². The summed E-state index contributed by atoms with van der Waals surface area (Å²) < 4.78 is 5.50. The third kappa shape index (κ3) is 5.36. The lowest BCUT2D eigenvalue weighted by Crippen LogP contribution is -2.41. The highest BCUT2D eigenvalue weighted by molar-refractivity contribution is 4.85. The van der Waals surface area contributed by atoms with Gasteiger partial charge in [-0.2, -0.15) is 0 Å². The van der Waals surface area contributed by atoms with Crippen molar-refractivity contribution >= 4 is 0 Å². The third-order valence-electron chi connectivity index (χ3n) is 3.66. The standard InChI is InChI=1S/C14H30N2O/c1-14(2,3)8-11(9-15)10-16-12-6-5-7-13(12)17-4/h11-13,16H,5-10,15H2,1-4H3. The van der Waals surface area contributed by atoms with Gasteiger partial charge in [-0.3, -0.25) is 0 Å². The number of nitrogens with one attached hydrogen (secondary N) is 1. The van der Waals surface area contributed by atoms with Crippen LogP contribution in [0.5, 0.6) is 0 Å². The molecule has 1 fully saturated rings. The maximum atomic E-state index is 5.86. The van der Waals surface area contributed by atoms with Gasteiger partial charge in [-0.05, 0) is 50.1 Å². The van der Waals surface area contributed by atoms with Gasteiger partial charge in [0.15, 0.2) is 0 Å². The largest absolute Gasteiger partial charge is 0.380 e. The molecule has 0 aliphatic heterocycles. The molecule has 1 rings (SSSR count). The molecular formula is C14H30N2O. The Morgan fingerprint density at radius 2 is 2.06 bits per heavy atom. The first kappa shape index (κ1) is 14.9. The van der Waals surface area contributed by atoms with E-state index in [9.17, 15) is 0 Å². The summed E-state index contributed by atoms with van der Waals surface area (Å²) in [6, 6.07) is 0.536. The van der Waals surface area contributed by atoms with Gasteiger partial charge in [0.1, 0.15) is 0 Å². The molecule has 3 nitrogen and oxygen atoms in total. The normalized spacial score (nSPS) is 27.4. The van der Waals surface area contributed by atoms with E-state index in [2.05, 4.69) is 26.1 Å². The van der Waals surface area contributed by atoms with Crippen LogP contribution in [0.2, 0.25) is 0 Å². The molecule has 3 unspecified atom stereocenters. The van der Waals surface area contributed by atoms with Crippen LogP contribution in [0.15, 0.2) is 0 Å². The fourth-order valence-electron chi connectivity index (χ4n) is 2.86. The van der Waals surface area contributed by atoms with Gasteiger partial charge in [0, 0.05) is 13.2 Å². The molecule has 102 valence electrons. The molecule has 3 N–H and O–H groups in total. The highest BCUT2D eigenvalue weighted by atomic mass is 16.5. The molecule has 17 heavy (non-hydrogen) atoms. The van der Waals surface area contributed by atoms with E-state index in [0.29, 0.717) is 23.5 Å². The van der Waals surface area contributed by atoms with Gasteiger partial charge in [-0.25, -0.2) is 0 Å². The van der Waals surface area contributed by atoms with Crippen molar-refractivity contribution in [3.05, 3.63) is 0 Å². The number of hydrogen-bond donors (Lipinski definition) is 2. The summed E-state index contributed by atoms with van der Waals surface area (Å²) in [6.07, 6.45) is 5.30. The van der Waals surface area contributed by atoms with Crippen LogP contribution in [0, 0.1) is 11.3 Å². The summed E-state index contributed by atoms with van der Waals surface area (Å²) >= 11 is 0. The van der Waals surface area contributed by atoms with Gasteiger partial charge in [0.05, 0.1) is 6.10 Å². The van der Waals surface area contributed by atoms with Crippen LogP contribution in [0.1, 0.15) is 46.5 Å². The Kier molecular flexibility index (Phi) is 5.90. The number of methoxy groups -OCH3 is 1. The van der Waals surface area contributed by atoms with Crippen molar-refractivity contribution in [2.45, 2.75) is 58.6 Å². The molecular weight excluding hydrogens is 212 g/mol. The van der Waals surface area contributed by atoms with Crippen molar-refractivity contribution in [1.82, 2.24) is 5.32 Å². The van der Waals surface area contributed by atoms with Crippen LogP contribution >= 0.6 is 0 Å². The summed E-state index contributed by atoms with van der Waals surface area (Å²) in [5.74, 6) is 0.577. The van der Waals surface area contributed by atoms with Crippen LogP contribution in [0.4, 0.5) is 0 Å². The van der Waals surface area contributed by atoms with E-state index in [1.54, 1.807) is 0 Å². The Balaban J connectivity index is 2.32. The predicted octanol–water partition coefficient (Wildman–Crippen LogP) is 2.15. The Bertz CT molecular complexity index is 213. The third-order valence-corrected chi connectivity index (χ3v) is 3.66. The second kappa shape index (κ2) is 6.72. The van der Waals surface area contributed by atoms with E-state index in [1.807, 2.05) is 7.11 Å². The van der Waals surface area contributed by atoms with Gasteiger partial charge in [-0.15, -0.1) is 0 Å². The van der Waals surface area contributed by atoms with Crippen molar-refractivity contribution in [1.29, 1.82) is 0 Å². The van der Waals surface area contributed by atoms with E-state index < -0.39 is 0 Å². The van der Waals surface area contributed by atoms with Crippen molar-refractivity contribution in [2.75, 3.05) is 20.2 Å². The van der Waals surface area contributed by atoms with E-state index in [0.717, 1.165) is 13.1 Å². The topological polar surface area (TPSA) is 47.3 Å². The van der Waals surface area contributed by atoms with Gasteiger partial charge in [0.25, 0.3) is 0 Å². The summed E-state index contributed by atoms with van der Waals surface area (Å²) in [5, 5.41) is 3.65. The second-order valence-corrected chi connectivity index (χ2v) is 6.59. The molecule has 0 spiro atoms. The van der Waals surface area contributed by atoms with Crippen LogP contribution < -0.4 is 11.1 Å². The Hall–Kier alpha value is -0.120. The fourth-order valence-corrected chi connectivity index (χ4v) is 2.86. The van der Waals surface area contributed by atoms with Crippen LogP contribution in [0.25, 0.3) is 0 Å². The lowest BCUT2D eigenvalue weighted by atomic mass is 9.84. The van der Waals surface area contributed by atoms with Crippen LogP contribution in [-0.2, 0) is 4.74 Å². The van der Waals surface area contributed by atoms with Crippen molar-refractivity contribution in [3.63, 3.8) is 0 Å². The number of rotatable bonds is 6. The summed E-state index contributed by atoms with van der Waals surface area (Å²) in [4.78, 5) is 0. The first-order valence-electron chi connectivity index (χ1n) is 6.92. The zero-order valence-corrected chi connectivity index (χ0v) is 12.0. The van der Waals surface area contributed by atoms with Crippen molar-refractivity contribution in [2.24, 2.45) is 17.1 Å². The number of hydrogen-bond acceptors (Lipinski definition) is 3. The Morgan fingerprint density at radius 1 is 1.35 bits per heavy atom. The number of ether oxygens (including phenoxy) is 1. The monoisotopic (exact) mass is 242 g/mol. The minimum atomic E-state index is 0.363. The molecule has 1 aliphatic rings. The van der Waals surface area contributed by atoms with Crippen molar-refractivity contribution < 1.29 is 4.74 Å². The maximum absolute atomic E-state index is 5.86.